The van der Waals surface area contributed by atoms with Crippen LogP contribution in [0, 0.1) is 29.1 Å². The van der Waals surface area contributed by atoms with E-state index in [1.807, 2.05) is 6.92 Å². The molecule has 1 unspecified atom stereocenters. The number of hydrogen-bond acceptors (Lipinski definition) is 3. The molecule has 3 nitrogen and oxygen atoms in total. The van der Waals surface area contributed by atoms with E-state index in [9.17, 15) is 10.2 Å². The Hall–Kier alpha value is -0.640. The molecule has 0 aliphatic heterocycles. The predicted octanol–water partition coefficient (Wildman–Crippen LogP) is 3.43. The monoisotopic (exact) mass is 345 g/mol. The van der Waals surface area contributed by atoms with Crippen molar-refractivity contribution >= 4 is 0 Å². The second-order valence-corrected chi connectivity index (χ2v) is 9.77. The maximum absolute atomic E-state index is 10.4. The Morgan fingerprint density at radius 3 is 2.32 bits per heavy atom. The Kier molecular flexibility index (Phi) is 4.62. The van der Waals surface area contributed by atoms with Crippen LogP contribution in [0.5, 0.6) is 0 Å². The Morgan fingerprint density at radius 2 is 1.76 bits per heavy atom. The molecular formula is C22H35NO2. The van der Waals surface area contributed by atoms with Crippen molar-refractivity contribution in [2.75, 3.05) is 6.54 Å². The van der Waals surface area contributed by atoms with E-state index in [4.69, 9.17) is 0 Å². The van der Waals surface area contributed by atoms with Crippen molar-refractivity contribution in [1.29, 1.82) is 0 Å². The fourth-order valence-electron chi connectivity index (χ4n) is 6.81. The van der Waals surface area contributed by atoms with Gasteiger partial charge in [0.15, 0.2) is 0 Å². The molecular weight excluding hydrogens is 310 g/mol. The summed E-state index contributed by atoms with van der Waals surface area (Å²) >= 11 is 0. The minimum Gasteiger partial charge on any atom is -0.389 e. The van der Waals surface area contributed by atoms with Crippen LogP contribution in [0.15, 0.2) is 23.8 Å². The number of allylic oxidation sites excluding steroid dienone is 1. The van der Waals surface area contributed by atoms with Crippen molar-refractivity contribution in [2.24, 2.45) is 29.1 Å². The molecule has 0 radical (unpaired) electrons. The molecule has 3 N–H and O–H groups in total. The summed E-state index contributed by atoms with van der Waals surface area (Å²) in [6, 6.07) is 0.514. The second kappa shape index (κ2) is 6.51. The van der Waals surface area contributed by atoms with Gasteiger partial charge in [0.25, 0.3) is 0 Å². The number of aliphatic hydroxyl groups is 2. The highest BCUT2D eigenvalue weighted by atomic mass is 16.3. The Bertz CT molecular complexity index is 531. The fourth-order valence-corrected chi connectivity index (χ4v) is 6.81. The van der Waals surface area contributed by atoms with Gasteiger partial charge in [-0.2, -0.15) is 0 Å². The van der Waals surface area contributed by atoms with Crippen molar-refractivity contribution in [3.05, 3.63) is 23.8 Å². The third-order valence-electron chi connectivity index (χ3n) is 8.06. The Morgan fingerprint density at radius 1 is 1.20 bits per heavy atom. The molecule has 25 heavy (non-hydrogen) atoms. The van der Waals surface area contributed by atoms with Crippen LogP contribution in [0.2, 0.25) is 0 Å². The van der Waals surface area contributed by atoms with E-state index in [0.717, 1.165) is 41.9 Å². The van der Waals surface area contributed by atoms with Crippen LogP contribution in [0.25, 0.3) is 0 Å². The van der Waals surface area contributed by atoms with Crippen LogP contribution in [0.1, 0.15) is 58.8 Å². The molecule has 4 bridgehead atoms. The zero-order valence-corrected chi connectivity index (χ0v) is 15.9. The van der Waals surface area contributed by atoms with Crippen molar-refractivity contribution < 1.29 is 10.2 Å². The molecule has 4 atom stereocenters. The molecule has 140 valence electrons. The summed E-state index contributed by atoms with van der Waals surface area (Å²) in [5, 5.41) is 24.3. The van der Waals surface area contributed by atoms with Crippen molar-refractivity contribution in [2.45, 2.75) is 77.0 Å². The fraction of sp³-hybridized carbons (Fsp3) is 0.818. The maximum Gasteiger partial charge on any atom is 0.101 e. The molecule has 0 aromatic carbocycles. The molecule has 0 heterocycles. The molecule has 0 aromatic heterocycles. The van der Waals surface area contributed by atoms with Crippen LogP contribution in [0.4, 0.5) is 0 Å². The standard InChI is InChI=1S/C22H35NO2/c1-13-4-5-19(21(25)20(13)24)14(2)12-23-15(3)22-9-16-6-17(10-22)8-18(7-16)11-22/h4,15-21,23-25H,2,5-12H2,1,3H3/t15?,16?,17?,18?,19-,20+,21+,22?/m0/s1. The van der Waals surface area contributed by atoms with Gasteiger partial charge >= 0.3 is 0 Å². The van der Waals surface area contributed by atoms with Gasteiger partial charge in [-0.25, -0.2) is 0 Å². The van der Waals surface area contributed by atoms with E-state index < -0.39 is 12.2 Å². The van der Waals surface area contributed by atoms with Gasteiger partial charge in [0.05, 0.1) is 6.10 Å². The van der Waals surface area contributed by atoms with Crippen LogP contribution in [-0.4, -0.2) is 35.0 Å². The van der Waals surface area contributed by atoms with Crippen molar-refractivity contribution in [3.63, 3.8) is 0 Å². The average molecular weight is 346 g/mol. The first kappa shape index (κ1) is 17.8. The second-order valence-electron chi connectivity index (χ2n) is 9.77. The van der Waals surface area contributed by atoms with E-state index in [-0.39, 0.29) is 5.92 Å². The highest BCUT2D eigenvalue weighted by molar-refractivity contribution is 5.20. The molecule has 0 aromatic rings. The molecule has 3 heteroatoms. The molecule has 0 spiro atoms. The van der Waals surface area contributed by atoms with Crippen molar-refractivity contribution in [1.82, 2.24) is 5.32 Å². The summed E-state index contributed by atoms with van der Waals surface area (Å²) in [7, 11) is 0. The van der Waals surface area contributed by atoms with E-state index in [1.54, 1.807) is 0 Å². The van der Waals surface area contributed by atoms with Crippen LogP contribution < -0.4 is 5.32 Å². The van der Waals surface area contributed by atoms with Crippen LogP contribution >= 0.6 is 0 Å². The van der Waals surface area contributed by atoms with Gasteiger partial charge in [-0.05, 0) is 87.5 Å². The highest BCUT2D eigenvalue weighted by Crippen LogP contribution is 2.61. The first-order valence-electron chi connectivity index (χ1n) is 10.3. The summed E-state index contributed by atoms with van der Waals surface area (Å²) < 4.78 is 0. The molecule has 4 saturated carbocycles. The zero-order chi connectivity index (χ0) is 17.8. The highest BCUT2D eigenvalue weighted by Gasteiger charge is 2.53. The Labute approximate surface area is 152 Å². The lowest BCUT2D eigenvalue weighted by Crippen LogP contribution is -2.55. The van der Waals surface area contributed by atoms with Gasteiger partial charge in [0, 0.05) is 18.5 Å². The predicted molar refractivity (Wildman–Crippen MR) is 101 cm³/mol. The third kappa shape index (κ3) is 3.13. The minimum atomic E-state index is -0.740. The van der Waals surface area contributed by atoms with E-state index in [0.29, 0.717) is 11.5 Å². The van der Waals surface area contributed by atoms with Crippen LogP contribution in [-0.2, 0) is 0 Å². The van der Waals surface area contributed by atoms with Crippen LogP contribution in [0.3, 0.4) is 0 Å². The molecule has 0 amide bonds. The summed E-state index contributed by atoms with van der Waals surface area (Å²) in [5.41, 5.74) is 2.41. The summed E-state index contributed by atoms with van der Waals surface area (Å²) in [4.78, 5) is 0. The first-order valence-corrected chi connectivity index (χ1v) is 10.3. The third-order valence-corrected chi connectivity index (χ3v) is 8.06. The van der Waals surface area contributed by atoms with E-state index in [2.05, 4.69) is 24.9 Å². The van der Waals surface area contributed by atoms with Gasteiger partial charge in [-0.15, -0.1) is 0 Å². The molecule has 0 saturated heterocycles. The molecule has 5 rings (SSSR count). The quantitative estimate of drug-likeness (QED) is 0.669. The largest absolute Gasteiger partial charge is 0.389 e. The lowest BCUT2D eigenvalue weighted by molar-refractivity contribution is -0.0701. The van der Waals surface area contributed by atoms with Gasteiger partial charge < -0.3 is 15.5 Å². The van der Waals surface area contributed by atoms with Crippen molar-refractivity contribution in [3.8, 4) is 0 Å². The topological polar surface area (TPSA) is 52.5 Å². The first-order chi connectivity index (χ1) is 11.9. The number of hydrogen-bond donors (Lipinski definition) is 3. The average Bonchev–Trinajstić information content (AvgIpc) is 2.56. The van der Waals surface area contributed by atoms with E-state index in [1.165, 1.54) is 38.5 Å². The summed E-state index contributed by atoms with van der Waals surface area (Å²) in [5.74, 6) is 2.89. The van der Waals surface area contributed by atoms with Gasteiger partial charge in [0.1, 0.15) is 6.10 Å². The number of aliphatic hydroxyl groups excluding tert-OH is 2. The number of nitrogens with one attached hydrogen (secondary N) is 1. The molecule has 5 aliphatic rings. The normalized spacial score (nSPS) is 46.8. The molecule has 5 aliphatic carbocycles. The maximum atomic E-state index is 10.4. The van der Waals surface area contributed by atoms with Gasteiger partial charge in [-0.3, -0.25) is 0 Å². The van der Waals surface area contributed by atoms with Gasteiger partial charge in [0.2, 0.25) is 0 Å². The summed E-state index contributed by atoms with van der Waals surface area (Å²) in [6.45, 7) is 9.26. The number of rotatable bonds is 5. The zero-order valence-electron chi connectivity index (χ0n) is 15.9. The molecule has 4 fully saturated rings. The summed E-state index contributed by atoms with van der Waals surface area (Å²) in [6.07, 6.45) is 10.1. The SMILES string of the molecule is C=C(CNC(C)C12CC3CC(CC(C3)C1)C2)[C@@H]1CC=C(C)[C@@H](O)[C@@H]1O. The van der Waals surface area contributed by atoms with E-state index >= 15 is 0 Å². The lowest BCUT2D eigenvalue weighted by atomic mass is 9.48. The minimum absolute atomic E-state index is 0.0326. The smallest absolute Gasteiger partial charge is 0.101 e. The van der Waals surface area contributed by atoms with Gasteiger partial charge in [-0.1, -0.05) is 18.2 Å². The Balaban J connectivity index is 1.36. The lowest BCUT2D eigenvalue weighted by Gasteiger charge is -2.59.